The molecule has 5 rings (SSSR count). The van der Waals surface area contributed by atoms with Crippen molar-refractivity contribution in [3.05, 3.63) is 64.2 Å². The number of aromatic amines is 1. The highest BCUT2D eigenvalue weighted by Crippen LogP contribution is 2.30. The number of H-pyrrole nitrogens is 1. The summed E-state index contributed by atoms with van der Waals surface area (Å²) in [5, 5.41) is 3.09. The Bertz CT molecular complexity index is 1460. The van der Waals surface area contributed by atoms with Crippen LogP contribution in [0.4, 0.5) is 18.4 Å². The molecule has 0 aliphatic carbocycles. The predicted octanol–water partition coefficient (Wildman–Crippen LogP) is 4.06. The summed E-state index contributed by atoms with van der Waals surface area (Å²) in [6, 6.07) is 6.87. The summed E-state index contributed by atoms with van der Waals surface area (Å²) < 4.78 is 30.5. The van der Waals surface area contributed by atoms with Crippen LogP contribution in [0.5, 0.6) is 0 Å². The monoisotopic (exact) mass is 569 g/mol. The van der Waals surface area contributed by atoms with Crippen molar-refractivity contribution in [1.29, 1.82) is 0 Å². The van der Waals surface area contributed by atoms with Crippen LogP contribution in [0, 0.1) is 11.6 Å². The number of likely N-dealkylation sites (tertiary alicyclic amines) is 2. The highest BCUT2D eigenvalue weighted by Gasteiger charge is 2.34. The molecule has 2 fully saturated rings. The van der Waals surface area contributed by atoms with Gasteiger partial charge in [-0.2, -0.15) is 0 Å². The molecule has 0 bridgehead atoms. The lowest BCUT2D eigenvalue weighted by molar-refractivity contribution is 0.144. The number of hydrogen-bond acceptors (Lipinski definition) is 4. The van der Waals surface area contributed by atoms with Gasteiger partial charge in [0.2, 0.25) is 0 Å². The van der Waals surface area contributed by atoms with Gasteiger partial charge >= 0.3 is 17.8 Å². The minimum atomic E-state index is -0.914. The average Bonchev–Trinajstić information content (AvgIpc) is 3.16. The van der Waals surface area contributed by atoms with E-state index in [2.05, 4.69) is 15.3 Å². The first-order valence-corrected chi connectivity index (χ1v) is 14.2. The van der Waals surface area contributed by atoms with Crippen molar-refractivity contribution < 1.29 is 18.4 Å². The molecule has 0 saturated carbocycles. The molecule has 1 aromatic carbocycles. The van der Waals surface area contributed by atoms with Crippen LogP contribution in [0.25, 0.3) is 11.2 Å². The van der Waals surface area contributed by atoms with Gasteiger partial charge in [-0.1, -0.05) is 12.1 Å². The van der Waals surface area contributed by atoms with Crippen LogP contribution in [0.2, 0.25) is 0 Å². The van der Waals surface area contributed by atoms with Gasteiger partial charge in [-0.25, -0.2) is 28.1 Å². The Morgan fingerprint density at radius 1 is 1.05 bits per heavy atom. The number of amides is 4. The minimum absolute atomic E-state index is 0.0510. The van der Waals surface area contributed by atoms with Crippen LogP contribution in [-0.2, 0) is 0 Å². The van der Waals surface area contributed by atoms with E-state index in [0.717, 1.165) is 11.6 Å². The Hall–Kier alpha value is -3.96. The molecule has 4 heterocycles. The Kier molecular flexibility index (Phi) is 8.27. The number of nitrogens with zero attached hydrogens (tertiary/aromatic N) is 5. The van der Waals surface area contributed by atoms with Gasteiger partial charge in [-0.3, -0.25) is 9.55 Å². The van der Waals surface area contributed by atoms with Gasteiger partial charge in [0.05, 0.1) is 5.52 Å². The maximum atomic E-state index is 14.7. The van der Waals surface area contributed by atoms with E-state index in [0.29, 0.717) is 44.4 Å². The second-order valence-electron chi connectivity index (χ2n) is 11.3. The van der Waals surface area contributed by atoms with Crippen molar-refractivity contribution in [2.24, 2.45) is 0 Å². The van der Waals surface area contributed by atoms with Gasteiger partial charge < -0.3 is 20.0 Å². The van der Waals surface area contributed by atoms with Crippen molar-refractivity contribution in [2.75, 3.05) is 33.2 Å². The van der Waals surface area contributed by atoms with Crippen LogP contribution in [0.15, 0.2) is 41.3 Å². The third-order valence-corrected chi connectivity index (χ3v) is 8.45. The van der Waals surface area contributed by atoms with E-state index in [1.54, 1.807) is 44.6 Å². The van der Waals surface area contributed by atoms with E-state index in [1.165, 1.54) is 6.07 Å². The molecule has 2 N–H and O–H groups in total. The van der Waals surface area contributed by atoms with Crippen LogP contribution >= 0.6 is 0 Å². The van der Waals surface area contributed by atoms with E-state index in [-0.39, 0.29) is 54.5 Å². The number of carbonyl (C=O) groups excluding carboxylic acids is 2. The van der Waals surface area contributed by atoms with Crippen molar-refractivity contribution in [2.45, 2.75) is 63.6 Å². The number of urea groups is 2. The number of carbonyl (C=O) groups is 2. The average molecular weight is 570 g/mol. The smallest absolute Gasteiger partial charge is 0.327 e. The number of imidazole rings is 1. The second kappa shape index (κ2) is 11.9. The molecule has 0 radical (unpaired) electrons. The van der Waals surface area contributed by atoms with E-state index in [1.807, 2.05) is 19.9 Å². The number of halogens is 2. The summed E-state index contributed by atoms with van der Waals surface area (Å²) in [6.45, 7) is 5.24. The molecule has 12 heteroatoms. The lowest BCUT2D eigenvalue weighted by Gasteiger charge is -2.35. The first-order valence-electron chi connectivity index (χ1n) is 14.2. The summed E-state index contributed by atoms with van der Waals surface area (Å²) in [6.07, 6.45) is 3.86. The zero-order chi connectivity index (χ0) is 29.3. The first kappa shape index (κ1) is 28.6. The fourth-order valence-electron chi connectivity index (χ4n) is 5.91. The lowest BCUT2D eigenvalue weighted by Crippen LogP contribution is -2.53. The molecular weight excluding hydrogens is 532 g/mol. The molecule has 0 spiro atoms. The third-order valence-electron chi connectivity index (χ3n) is 8.45. The third kappa shape index (κ3) is 5.91. The molecule has 2 atom stereocenters. The van der Waals surface area contributed by atoms with E-state index in [9.17, 15) is 23.2 Å². The van der Waals surface area contributed by atoms with Gasteiger partial charge in [0.1, 0.15) is 0 Å². The number of nitrogens with one attached hydrogen (secondary N) is 2. The minimum Gasteiger partial charge on any atom is -0.333 e. The van der Waals surface area contributed by atoms with E-state index < -0.39 is 17.6 Å². The van der Waals surface area contributed by atoms with Crippen LogP contribution in [-0.4, -0.2) is 86.6 Å². The predicted molar refractivity (Wildman–Crippen MR) is 151 cm³/mol. The summed E-state index contributed by atoms with van der Waals surface area (Å²) in [5.41, 5.74) is 1.33. The fourth-order valence-corrected chi connectivity index (χ4v) is 5.91. The second-order valence-corrected chi connectivity index (χ2v) is 11.3. The number of pyridine rings is 1. The normalized spacial score (nSPS) is 20.3. The van der Waals surface area contributed by atoms with Crippen molar-refractivity contribution in [3.8, 4) is 0 Å². The van der Waals surface area contributed by atoms with Gasteiger partial charge in [-0.15, -0.1) is 0 Å². The number of rotatable bonds is 4. The zero-order valence-electron chi connectivity index (χ0n) is 23.6. The molecule has 2 aliphatic heterocycles. The largest absolute Gasteiger partial charge is 0.333 e. The molecule has 41 heavy (non-hydrogen) atoms. The van der Waals surface area contributed by atoms with Crippen molar-refractivity contribution >= 4 is 23.2 Å². The molecule has 10 nitrogen and oxygen atoms in total. The molecular formula is C29H37F2N7O3. The van der Waals surface area contributed by atoms with Crippen molar-refractivity contribution in [3.63, 3.8) is 0 Å². The molecule has 2 aliphatic rings. The van der Waals surface area contributed by atoms with Crippen LogP contribution in [0.1, 0.15) is 57.1 Å². The summed E-state index contributed by atoms with van der Waals surface area (Å²) in [7, 11) is 1.71. The maximum Gasteiger partial charge on any atom is 0.327 e. The molecule has 2 saturated heterocycles. The van der Waals surface area contributed by atoms with E-state index in [4.69, 9.17) is 0 Å². The number of aromatic nitrogens is 3. The maximum absolute atomic E-state index is 14.7. The number of fused-ring (bicyclic) bond motifs is 1. The molecule has 3 aromatic rings. The Balaban J connectivity index is 1.27. The quantitative estimate of drug-likeness (QED) is 0.494. The molecule has 2 aromatic heterocycles. The Labute approximate surface area is 237 Å². The van der Waals surface area contributed by atoms with E-state index >= 15 is 0 Å². The Morgan fingerprint density at radius 3 is 2.54 bits per heavy atom. The first-order chi connectivity index (χ1) is 19.6. The number of hydrogen-bond donors (Lipinski definition) is 2. The number of piperidine rings is 1. The summed E-state index contributed by atoms with van der Waals surface area (Å²) >= 11 is 0. The standard InChI is InChI=1S/C29H37F2N7O3/c1-18(2)35(3)29(41)37-16-19(22-6-4-7-23(30)25(22)31)9-10-20(17-37)33-27(39)36-14-11-21(12-15-36)38-24-8-5-13-32-26(24)34-28(38)40/h4-8,13,18-21H,9-12,14-17H2,1-3H3,(H,33,39)(H,32,34,40)/t19-,20-/m1/s1. The van der Waals surface area contributed by atoms with Gasteiger partial charge in [0, 0.05) is 63.5 Å². The topological polar surface area (TPSA) is 107 Å². The van der Waals surface area contributed by atoms with Gasteiger partial charge in [-0.05, 0) is 63.3 Å². The number of benzene rings is 1. The molecule has 0 unspecified atom stereocenters. The van der Waals surface area contributed by atoms with Gasteiger partial charge in [0.15, 0.2) is 17.3 Å². The van der Waals surface area contributed by atoms with Crippen LogP contribution in [0.3, 0.4) is 0 Å². The van der Waals surface area contributed by atoms with Crippen molar-refractivity contribution in [1.82, 2.24) is 34.6 Å². The highest BCUT2D eigenvalue weighted by atomic mass is 19.2. The Morgan fingerprint density at radius 2 is 1.80 bits per heavy atom. The molecule has 4 amide bonds. The highest BCUT2D eigenvalue weighted by molar-refractivity contribution is 5.76. The summed E-state index contributed by atoms with van der Waals surface area (Å²) in [4.78, 5) is 51.3. The lowest BCUT2D eigenvalue weighted by atomic mass is 9.93. The SMILES string of the molecule is CC(C)N(C)C(=O)N1C[C@H](NC(=O)N2CCC(n3c(=O)[nH]c4ncccc43)CC2)CC[C@@H](c2cccc(F)c2F)C1. The zero-order valence-corrected chi connectivity index (χ0v) is 23.6. The van der Waals surface area contributed by atoms with Gasteiger partial charge in [0.25, 0.3) is 0 Å². The van der Waals surface area contributed by atoms with Crippen LogP contribution < -0.4 is 11.0 Å². The molecule has 220 valence electrons. The summed E-state index contributed by atoms with van der Waals surface area (Å²) in [5.74, 6) is -2.21. The fraction of sp³-hybridized carbons (Fsp3) is 0.517.